The first-order valence-corrected chi connectivity index (χ1v) is 5.09. The van der Waals surface area contributed by atoms with E-state index < -0.39 is 30.3 Å². The zero-order valence-corrected chi connectivity index (χ0v) is 9.58. The van der Waals surface area contributed by atoms with Gasteiger partial charge in [-0.2, -0.15) is 0 Å². The Bertz CT molecular complexity index is 486. The van der Waals surface area contributed by atoms with Crippen molar-refractivity contribution in [3.8, 4) is 0 Å². The van der Waals surface area contributed by atoms with Crippen molar-refractivity contribution in [1.29, 1.82) is 0 Å². The number of amides is 1. The molecule has 96 valence electrons. The summed E-state index contributed by atoms with van der Waals surface area (Å²) in [6.45, 7) is 1.60. The highest BCUT2D eigenvalue weighted by molar-refractivity contribution is 5.98. The summed E-state index contributed by atoms with van der Waals surface area (Å²) < 4.78 is 0. The van der Waals surface area contributed by atoms with Gasteiger partial charge in [0.25, 0.3) is 5.91 Å². The Morgan fingerprint density at radius 1 is 1.39 bits per heavy atom. The number of nitrogens with zero attached hydrogens (tertiary/aromatic N) is 1. The number of aryl methyl sites for hydroxylation is 1. The molecule has 1 atom stereocenters. The predicted molar refractivity (Wildman–Crippen MR) is 60.1 cm³/mol. The van der Waals surface area contributed by atoms with Crippen molar-refractivity contribution in [1.82, 2.24) is 10.3 Å². The standard InChI is InChI=1S/C11H12N2O5/c1-6-7(3-2-4-12-6)10(16)13-8(11(17)18)5-9(14)15/h2-4,8H,5H2,1H3,(H,13,16)(H,14,15)(H,17,18). The lowest BCUT2D eigenvalue weighted by Crippen LogP contribution is -2.42. The first-order chi connectivity index (χ1) is 8.41. The van der Waals surface area contributed by atoms with Crippen LogP contribution in [0.1, 0.15) is 22.5 Å². The van der Waals surface area contributed by atoms with E-state index in [1.807, 2.05) is 0 Å². The zero-order valence-electron chi connectivity index (χ0n) is 9.58. The molecular formula is C11H12N2O5. The molecule has 0 saturated heterocycles. The van der Waals surface area contributed by atoms with Crippen molar-refractivity contribution in [2.45, 2.75) is 19.4 Å². The SMILES string of the molecule is Cc1ncccc1C(=O)NC(CC(=O)O)C(=O)O. The van der Waals surface area contributed by atoms with Crippen LogP contribution >= 0.6 is 0 Å². The maximum Gasteiger partial charge on any atom is 0.326 e. The van der Waals surface area contributed by atoms with Crippen molar-refractivity contribution < 1.29 is 24.6 Å². The van der Waals surface area contributed by atoms with E-state index in [1.54, 1.807) is 6.92 Å². The van der Waals surface area contributed by atoms with E-state index in [4.69, 9.17) is 10.2 Å². The fourth-order valence-electron chi connectivity index (χ4n) is 1.33. The number of aromatic nitrogens is 1. The predicted octanol–water partition coefficient (Wildman–Crippen LogP) is 0.0477. The maximum absolute atomic E-state index is 11.8. The van der Waals surface area contributed by atoms with Crippen LogP contribution in [0.5, 0.6) is 0 Å². The van der Waals surface area contributed by atoms with E-state index in [9.17, 15) is 14.4 Å². The van der Waals surface area contributed by atoms with Gasteiger partial charge in [0.2, 0.25) is 0 Å². The Kier molecular flexibility index (Phi) is 4.36. The molecule has 7 nitrogen and oxygen atoms in total. The fourth-order valence-corrected chi connectivity index (χ4v) is 1.33. The third-order valence-corrected chi connectivity index (χ3v) is 2.23. The van der Waals surface area contributed by atoms with Crippen molar-refractivity contribution in [2.24, 2.45) is 0 Å². The number of hydrogen-bond acceptors (Lipinski definition) is 4. The Balaban J connectivity index is 2.82. The van der Waals surface area contributed by atoms with Gasteiger partial charge in [-0.15, -0.1) is 0 Å². The number of nitrogens with one attached hydrogen (secondary N) is 1. The highest BCUT2D eigenvalue weighted by atomic mass is 16.4. The van der Waals surface area contributed by atoms with E-state index in [2.05, 4.69) is 10.3 Å². The molecule has 0 aliphatic carbocycles. The van der Waals surface area contributed by atoms with Crippen molar-refractivity contribution in [3.63, 3.8) is 0 Å². The molecule has 1 amide bonds. The van der Waals surface area contributed by atoms with Crippen LogP contribution in [0.4, 0.5) is 0 Å². The number of hydrogen-bond donors (Lipinski definition) is 3. The van der Waals surface area contributed by atoms with Gasteiger partial charge in [-0.25, -0.2) is 4.79 Å². The number of carboxylic acid groups (broad SMARTS) is 2. The lowest BCUT2D eigenvalue weighted by atomic mass is 10.1. The smallest absolute Gasteiger partial charge is 0.326 e. The molecule has 18 heavy (non-hydrogen) atoms. The van der Waals surface area contributed by atoms with Crippen LogP contribution in [-0.2, 0) is 9.59 Å². The highest BCUT2D eigenvalue weighted by Gasteiger charge is 2.24. The second-order valence-electron chi connectivity index (χ2n) is 3.60. The monoisotopic (exact) mass is 252 g/mol. The third kappa shape index (κ3) is 3.55. The lowest BCUT2D eigenvalue weighted by molar-refractivity contribution is -0.145. The molecule has 0 aromatic carbocycles. The molecule has 0 fully saturated rings. The second-order valence-corrected chi connectivity index (χ2v) is 3.60. The van der Waals surface area contributed by atoms with Crippen LogP contribution in [-0.4, -0.2) is 39.1 Å². The molecule has 1 aromatic rings. The second kappa shape index (κ2) is 5.76. The summed E-state index contributed by atoms with van der Waals surface area (Å²) in [5.74, 6) is -3.35. The van der Waals surface area contributed by atoms with Crippen LogP contribution < -0.4 is 5.32 Å². The molecule has 0 aliphatic heterocycles. The summed E-state index contributed by atoms with van der Waals surface area (Å²) in [5.41, 5.74) is 0.656. The molecule has 7 heteroatoms. The first-order valence-electron chi connectivity index (χ1n) is 5.09. The van der Waals surface area contributed by atoms with Gasteiger partial charge >= 0.3 is 11.9 Å². The lowest BCUT2D eigenvalue weighted by Gasteiger charge is -2.13. The quantitative estimate of drug-likeness (QED) is 0.681. The summed E-state index contributed by atoms with van der Waals surface area (Å²) >= 11 is 0. The molecule has 0 spiro atoms. The van der Waals surface area contributed by atoms with Gasteiger partial charge in [0.05, 0.1) is 12.0 Å². The van der Waals surface area contributed by atoms with Crippen molar-refractivity contribution in [2.75, 3.05) is 0 Å². The number of carboxylic acids is 2. The summed E-state index contributed by atoms with van der Waals surface area (Å²) in [7, 11) is 0. The number of rotatable bonds is 5. The van der Waals surface area contributed by atoms with Gasteiger partial charge in [0.15, 0.2) is 0 Å². The van der Waals surface area contributed by atoms with E-state index in [1.165, 1.54) is 18.3 Å². The molecule has 3 N–H and O–H groups in total. The topological polar surface area (TPSA) is 117 Å². The molecule has 0 bridgehead atoms. The Morgan fingerprint density at radius 3 is 2.56 bits per heavy atom. The van der Waals surface area contributed by atoms with Crippen LogP contribution in [0.15, 0.2) is 18.3 Å². The van der Waals surface area contributed by atoms with Crippen LogP contribution in [0.25, 0.3) is 0 Å². The number of carbonyl (C=O) groups is 3. The average molecular weight is 252 g/mol. The van der Waals surface area contributed by atoms with E-state index in [-0.39, 0.29) is 5.56 Å². The Labute approximate surface area is 102 Å². The van der Waals surface area contributed by atoms with Crippen LogP contribution in [0, 0.1) is 6.92 Å². The van der Waals surface area contributed by atoms with Crippen LogP contribution in [0.2, 0.25) is 0 Å². The van der Waals surface area contributed by atoms with Gasteiger partial charge in [-0.1, -0.05) is 0 Å². The zero-order chi connectivity index (χ0) is 13.7. The molecule has 0 aliphatic rings. The van der Waals surface area contributed by atoms with Gasteiger partial charge < -0.3 is 15.5 Å². The molecular weight excluding hydrogens is 240 g/mol. The largest absolute Gasteiger partial charge is 0.481 e. The molecule has 0 radical (unpaired) electrons. The van der Waals surface area contributed by atoms with Gasteiger partial charge in [-0.05, 0) is 19.1 Å². The number of carbonyl (C=O) groups excluding carboxylic acids is 1. The van der Waals surface area contributed by atoms with Gasteiger partial charge in [-0.3, -0.25) is 14.6 Å². The molecule has 0 saturated carbocycles. The van der Waals surface area contributed by atoms with Crippen LogP contribution in [0.3, 0.4) is 0 Å². The molecule has 1 heterocycles. The Morgan fingerprint density at radius 2 is 2.06 bits per heavy atom. The summed E-state index contributed by atoms with van der Waals surface area (Å²) in [5, 5.41) is 19.5. The minimum Gasteiger partial charge on any atom is -0.481 e. The molecule has 1 rings (SSSR count). The minimum atomic E-state index is -1.46. The maximum atomic E-state index is 11.8. The van der Waals surface area contributed by atoms with Crippen molar-refractivity contribution in [3.05, 3.63) is 29.6 Å². The molecule has 1 aromatic heterocycles. The first kappa shape index (κ1) is 13.6. The van der Waals surface area contributed by atoms with E-state index in [0.717, 1.165) is 0 Å². The average Bonchev–Trinajstić information content (AvgIpc) is 2.27. The minimum absolute atomic E-state index is 0.217. The molecule has 1 unspecified atom stereocenters. The van der Waals surface area contributed by atoms with Gasteiger partial charge in [0, 0.05) is 11.9 Å². The normalized spacial score (nSPS) is 11.6. The number of pyridine rings is 1. The summed E-state index contributed by atoms with van der Waals surface area (Å²) in [4.78, 5) is 36.9. The van der Waals surface area contributed by atoms with E-state index in [0.29, 0.717) is 5.69 Å². The third-order valence-electron chi connectivity index (χ3n) is 2.23. The highest BCUT2D eigenvalue weighted by Crippen LogP contribution is 2.04. The fraction of sp³-hybridized carbons (Fsp3) is 0.273. The van der Waals surface area contributed by atoms with Gasteiger partial charge in [0.1, 0.15) is 6.04 Å². The Hall–Kier alpha value is -2.44. The number of aliphatic carboxylic acids is 2. The summed E-state index contributed by atoms with van der Waals surface area (Å²) in [6, 6.07) is 1.56. The summed E-state index contributed by atoms with van der Waals surface area (Å²) in [6.07, 6.45) is 0.818. The van der Waals surface area contributed by atoms with Crippen molar-refractivity contribution >= 4 is 17.8 Å². The van der Waals surface area contributed by atoms with E-state index >= 15 is 0 Å².